The lowest BCUT2D eigenvalue weighted by Crippen LogP contribution is -2.05. The molecule has 1 saturated carbocycles. The van der Waals surface area contributed by atoms with Crippen LogP contribution >= 0.6 is 0 Å². The Morgan fingerprint density at radius 1 is 1.03 bits per heavy atom. The Labute approximate surface area is 170 Å². The lowest BCUT2D eigenvalue weighted by molar-refractivity contribution is 0.739. The number of pyridine rings is 1. The monoisotopic (exact) mass is 378 g/mol. The lowest BCUT2D eigenvalue weighted by Gasteiger charge is -2.10. The van der Waals surface area contributed by atoms with E-state index in [1.165, 1.54) is 29.8 Å². The summed E-state index contributed by atoms with van der Waals surface area (Å²) in [6, 6.07) is 20.6. The molecule has 29 heavy (non-hydrogen) atoms. The number of hydrogen-bond donors (Lipinski definition) is 0. The van der Waals surface area contributed by atoms with Gasteiger partial charge in [-0.1, -0.05) is 42.5 Å². The molecule has 0 unspecified atom stereocenters. The van der Waals surface area contributed by atoms with Gasteiger partial charge in [0.25, 0.3) is 0 Å². The number of hydrogen-bond acceptors (Lipinski definition) is 3. The van der Waals surface area contributed by atoms with Gasteiger partial charge in [-0.25, -0.2) is 9.97 Å². The van der Waals surface area contributed by atoms with E-state index in [2.05, 4.69) is 47.9 Å². The van der Waals surface area contributed by atoms with Crippen molar-refractivity contribution in [3.05, 3.63) is 82.8 Å². The number of nitrogens with zero attached hydrogens (tertiary/aromatic N) is 4. The predicted octanol–water partition coefficient (Wildman–Crippen LogP) is 5.51. The van der Waals surface area contributed by atoms with Crippen molar-refractivity contribution >= 4 is 11.2 Å². The average molecular weight is 378 g/mol. The maximum Gasteiger partial charge on any atom is 0.160 e. The Kier molecular flexibility index (Phi) is 4.17. The Morgan fingerprint density at radius 3 is 2.52 bits per heavy atom. The second-order valence-electron chi connectivity index (χ2n) is 7.94. The van der Waals surface area contributed by atoms with Crippen LogP contribution in [0, 0.1) is 25.2 Å². The Bertz CT molecular complexity index is 1250. The summed E-state index contributed by atoms with van der Waals surface area (Å²) >= 11 is 0. The summed E-state index contributed by atoms with van der Waals surface area (Å²) in [6.45, 7) is 4.92. The predicted molar refractivity (Wildman–Crippen MR) is 115 cm³/mol. The van der Waals surface area contributed by atoms with Gasteiger partial charge in [-0.2, -0.15) is 5.26 Å². The molecule has 0 amide bonds. The van der Waals surface area contributed by atoms with Crippen molar-refractivity contribution in [3.63, 3.8) is 0 Å². The molecule has 1 aliphatic rings. The molecule has 1 aliphatic carbocycles. The molecule has 0 bridgehead atoms. The molecule has 0 N–H and O–H groups in total. The molecule has 0 radical (unpaired) electrons. The molecule has 142 valence electrons. The fraction of sp³-hybridized carbons (Fsp3) is 0.240. The molecule has 0 aliphatic heterocycles. The normalized spacial score (nSPS) is 13.6. The third-order valence-electron chi connectivity index (χ3n) is 5.65. The Hall–Kier alpha value is -3.45. The maximum absolute atomic E-state index is 9.37. The van der Waals surface area contributed by atoms with Crippen molar-refractivity contribution in [2.75, 3.05) is 0 Å². The summed E-state index contributed by atoms with van der Waals surface area (Å²) in [5.74, 6) is 1.73. The van der Waals surface area contributed by atoms with Crippen LogP contribution in [0.15, 0.2) is 54.6 Å². The van der Waals surface area contributed by atoms with Gasteiger partial charge in [0.05, 0.1) is 18.2 Å². The van der Waals surface area contributed by atoms with Crippen LogP contribution in [0.3, 0.4) is 0 Å². The largest absolute Gasteiger partial charge is 0.308 e. The highest BCUT2D eigenvalue weighted by Crippen LogP contribution is 2.41. The zero-order chi connectivity index (χ0) is 20.0. The second kappa shape index (κ2) is 6.86. The number of aromatic nitrogens is 3. The van der Waals surface area contributed by atoms with Crippen LogP contribution in [0.1, 0.15) is 47.0 Å². The lowest BCUT2D eigenvalue weighted by atomic mass is 9.99. The van der Waals surface area contributed by atoms with E-state index < -0.39 is 0 Å². The summed E-state index contributed by atoms with van der Waals surface area (Å²) in [6.07, 6.45) is 2.43. The van der Waals surface area contributed by atoms with Crippen LogP contribution in [0.4, 0.5) is 0 Å². The zero-order valence-corrected chi connectivity index (χ0v) is 16.7. The van der Waals surface area contributed by atoms with E-state index >= 15 is 0 Å². The first-order valence-electron chi connectivity index (χ1n) is 10.1. The number of nitriles is 1. The van der Waals surface area contributed by atoms with E-state index in [4.69, 9.17) is 9.97 Å². The minimum atomic E-state index is 0.561. The first-order valence-corrected chi connectivity index (χ1v) is 10.1. The molecule has 2 aromatic carbocycles. The third-order valence-corrected chi connectivity index (χ3v) is 5.65. The Morgan fingerprint density at radius 2 is 1.79 bits per heavy atom. The number of fused-ring (bicyclic) bond motifs is 1. The van der Waals surface area contributed by atoms with Gasteiger partial charge in [-0.15, -0.1) is 0 Å². The van der Waals surface area contributed by atoms with E-state index in [9.17, 15) is 5.26 Å². The molecule has 4 heteroatoms. The highest BCUT2D eigenvalue weighted by atomic mass is 15.1. The van der Waals surface area contributed by atoms with Crippen molar-refractivity contribution < 1.29 is 0 Å². The minimum absolute atomic E-state index is 0.561. The van der Waals surface area contributed by atoms with Crippen molar-refractivity contribution in [3.8, 4) is 17.2 Å². The quantitative estimate of drug-likeness (QED) is 0.470. The van der Waals surface area contributed by atoms with E-state index in [-0.39, 0.29) is 0 Å². The smallest absolute Gasteiger partial charge is 0.160 e. The molecule has 2 heterocycles. The molecule has 4 aromatic rings. The van der Waals surface area contributed by atoms with Gasteiger partial charge >= 0.3 is 0 Å². The summed E-state index contributed by atoms with van der Waals surface area (Å²) in [5, 5.41) is 9.37. The molecular weight excluding hydrogens is 356 g/mol. The van der Waals surface area contributed by atoms with Crippen molar-refractivity contribution in [2.24, 2.45) is 0 Å². The zero-order valence-electron chi connectivity index (χ0n) is 16.7. The number of benzene rings is 2. The van der Waals surface area contributed by atoms with E-state index in [0.717, 1.165) is 34.5 Å². The molecule has 2 aromatic heterocycles. The van der Waals surface area contributed by atoms with Gasteiger partial charge in [-0.3, -0.25) is 0 Å². The average Bonchev–Trinajstić information content (AvgIpc) is 3.52. The third kappa shape index (κ3) is 3.19. The first kappa shape index (κ1) is 17.6. The summed E-state index contributed by atoms with van der Waals surface area (Å²) in [4.78, 5) is 9.78. The van der Waals surface area contributed by atoms with Crippen LogP contribution in [0.5, 0.6) is 0 Å². The molecule has 5 rings (SSSR count). The van der Waals surface area contributed by atoms with Gasteiger partial charge in [-0.05, 0) is 61.1 Å². The van der Waals surface area contributed by atoms with Gasteiger partial charge in [0, 0.05) is 11.6 Å². The van der Waals surface area contributed by atoms with Crippen molar-refractivity contribution in [1.82, 2.24) is 14.5 Å². The van der Waals surface area contributed by atoms with Crippen LogP contribution in [-0.4, -0.2) is 14.5 Å². The van der Waals surface area contributed by atoms with Crippen molar-refractivity contribution in [2.45, 2.75) is 39.2 Å². The summed E-state index contributed by atoms with van der Waals surface area (Å²) < 4.78 is 2.30. The SMILES string of the molecule is Cc1cc(C)c2nc(C3CC3)n(Cc3ccc(-c4ccccc4C#N)cc3)c2n1. The van der Waals surface area contributed by atoms with Crippen LogP contribution in [0.25, 0.3) is 22.3 Å². The standard InChI is InChI=1S/C25H22N4/c1-16-13-17(2)27-25-23(16)28-24(20-11-12-20)29(25)15-18-7-9-19(10-8-18)22-6-4-3-5-21(22)14-26/h3-10,13,20H,11-12,15H2,1-2H3. The summed E-state index contributed by atoms with van der Waals surface area (Å²) in [7, 11) is 0. The Balaban J connectivity index is 1.53. The van der Waals surface area contributed by atoms with Gasteiger partial charge < -0.3 is 4.57 Å². The fourth-order valence-corrected chi connectivity index (χ4v) is 4.03. The highest BCUT2D eigenvalue weighted by molar-refractivity contribution is 5.76. The molecule has 0 atom stereocenters. The second-order valence-corrected chi connectivity index (χ2v) is 7.94. The molecular formula is C25H22N4. The van der Waals surface area contributed by atoms with Crippen LogP contribution in [-0.2, 0) is 6.54 Å². The highest BCUT2D eigenvalue weighted by Gasteiger charge is 2.30. The molecule has 1 fully saturated rings. The fourth-order valence-electron chi connectivity index (χ4n) is 4.03. The van der Waals surface area contributed by atoms with E-state index in [1.54, 1.807) is 0 Å². The van der Waals surface area contributed by atoms with Gasteiger partial charge in [0.1, 0.15) is 11.3 Å². The van der Waals surface area contributed by atoms with Crippen molar-refractivity contribution in [1.29, 1.82) is 5.26 Å². The first-order chi connectivity index (χ1) is 14.1. The topological polar surface area (TPSA) is 54.5 Å². The molecule has 0 spiro atoms. The van der Waals surface area contributed by atoms with Crippen LogP contribution in [0.2, 0.25) is 0 Å². The van der Waals surface area contributed by atoms with Crippen LogP contribution < -0.4 is 0 Å². The van der Waals surface area contributed by atoms with E-state index in [0.29, 0.717) is 11.5 Å². The number of aryl methyl sites for hydroxylation is 2. The number of rotatable bonds is 4. The summed E-state index contributed by atoms with van der Waals surface area (Å²) in [5.41, 5.74) is 8.19. The molecule has 0 saturated heterocycles. The van der Waals surface area contributed by atoms with Gasteiger partial charge in [0.15, 0.2) is 5.65 Å². The minimum Gasteiger partial charge on any atom is -0.308 e. The number of imidazole rings is 1. The van der Waals surface area contributed by atoms with Gasteiger partial charge in [0.2, 0.25) is 0 Å². The van der Waals surface area contributed by atoms with E-state index in [1.807, 2.05) is 31.2 Å². The maximum atomic E-state index is 9.37. The molecule has 4 nitrogen and oxygen atoms in total.